The number of anilines is 2. The van der Waals surface area contributed by atoms with Crippen LogP contribution in [0, 0.1) is 19.8 Å². The van der Waals surface area contributed by atoms with Crippen molar-refractivity contribution in [3.63, 3.8) is 0 Å². The van der Waals surface area contributed by atoms with E-state index in [4.69, 9.17) is 0 Å². The second-order valence-corrected chi connectivity index (χ2v) is 6.95. The predicted octanol–water partition coefficient (Wildman–Crippen LogP) is 2.58. The largest absolute Gasteiger partial charge is 0.311 e. The van der Waals surface area contributed by atoms with Crippen LogP contribution in [-0.2, 0) is 16.6 Å². The Morgan fingerprint density at radius 3 is 2.81 bits per heavy atom. The summed E-state index contributed by atoms with van der Waals surface area (Å²) in [5.74, 6) is -0.207. The maximum atomic E-state index is 12.8. The molecule has 7 heteroatoms. The summed E-state index contributed by atoms with van der Waals surface area (Å²) in [5, 5.41) is 2.85. The number of carbonyl (C=O) groups excluding carboxylic acids is 2. The molecule has 1 fully saturated rings. The monoisotopic (exact) mass is 363 g/mol. The molecule has 27 heavy (non-hydrogen) atoms. The minimum Gasteiger partial charge on any atom is -0.311 e. The van der Waals surface area contributed by atoms with Crippen molar-refractivity contribution in [2.75, 3.05) is 16.8 Å². The molecule has 4 rings (SSSR count). The van der Waals surface area contributed by atoms with E-state index >= 15 is 0 Å². The molecule has 2 amide bonds. The van der Waals surface area contributed by atoms with Crippen LogP contribution in [0.2, 0.25) is 0 Å². The second kappa shape index (κ2) is 6.50. The van der Waals surface area contributed by atoms with Crippen LogP contribution in [0.4, 0.5) is 11.6 Å². The Kier molecular flexibility index (Phi) is 4.14. The van der Waals surface area contributed by atoms with Gasteiger partial charge in [0, 0.05) is 31.9 Å². The number of hydrogen-bond donors (Lipinski definition) is 1. The zero-order valence-electron chi connectivity index (χ0n) is 15.6. The number of imidazole rings is 1. The summed E-state index contributed by atoms with van der Waals surface area (Å²) in [4.78, 5) is 35.7. The van der Waals surface area contributed by atoms with Crippen molar-refractivity contribution < 1.29 is 9.59 Å². The van der Waals surface area contributed by atoms with E-state index in [9.17, 15) is 9.59 Å². The van der Waals surface area contributed by atoms with Gasteiger partial charge in [-0.2, -0.15) is 0 Å². The van der Waals surface area contributed by atoms with Crippen LogP contribution in [0.5, 0.6) is 0 Å². The Labute approximate surface area is 157 Å². The van der Waals surface area contributed by atoms with E-state index in [-0.39, 0.29) is 18.2 Å². The fourth-order valence-electron chi connectivity index (χ4n) is 3.49. The first-order valence-corrected chi connectivity index (χ1v) is 8.90. The molecule has 1 atom stereocenters. The van der Waals surface area contributed by atoms with E-state index in [1.807, 2.05) is 38.1 Å². The second-order valence-electron chi connectivity index (χ2n) is 6.95. The Hall–Kier alpha value is -3.22. The fourth-order valence-corrected chi connectivity index (χ4v) is 3.49. The minimum absolute atomic E-state index is 0.0319. The topological polar surface area (TPSA) is 80.1 Å². The lowest BCUT2D eigenvalue weighted by Gasteiger charge is -2.20. The highest BCUT2D eigenvalue weighted by Crippen LogP contribution is 2.30. The number of amides is 2. The van der Waals surface area contributed by atoms with Gasteiger partial charge in [0.05, 0.1) is 5.92 Å². The van der Waals surface area contributed by atoms with Gasteiger partial charge in [-0.1, -0.05) is 12.1 Å². The molecule has 1 aliphatic rings. The Morgan fingerprint density at radius 2 is 2.04 bits per heavy atom. The summed E-state index contributed by atoms with van der Waals surface area (Å²) < 4.78 is 1.74. The highest BCUT2D eigenvalue weighted by Gasteiger charge is 2.36. The van der Waals surface area contributed by atoms with Crippen LogP contribution in [0.3, 0.4) is 0 Å². The smallest absolute Gasteiger partial charge is 0.232 e. The third-order valence-electron chi connectivity index (χ3n) is 5.23. The normalized spacial score (nSPS) is 16.9. The molecule has 1 aromatic carbocycles. The number of carbonyl (C=O) groups is 2. The van der Waals surface area contributed by atoms with Gasteiger partial charge in [0.1, 0.15) is 5.52 Å². The van der Waals surface area contributed by atoms with Crippen molar-refractivity contribution in [3.05, 3.63) is 47.7 Å². The number of rotatable bonds is 3. The number of pyridine rings is 1. The van der Waals surface area contributed by atoms with Crippen molar-refractivity contribution in [1.29, 1.82) is 0 Å². The number of fused-ring (bicyclic) bond motifs is 1. The average molecular weight is 363 g/mol. The number of nitrogens with one attached hydrogen (secondary N) is 1. The molecule has 1 unspecified atom stereocenters. The van der Waals surface area contributed by atoms with Crippen LogP contribution in [0.15, 0.2) is 36.5 Å². The average Bonchev–Trinajstić information content (AvgIpc) is 3.19. The van der Waals surface area contributed by atoms with E-state index < -0.39 is 5.92 Å². The van der Waals surface area contributed by atoms with E-state index in [0.29, 0.717) is 18.1 Å². The first-order valence-electron chi connectivity index (χ1n) is 8.90. The van der Waals surface area contributed by atoms with Crippen LogP contribution in [-0.4, -0.2) is 32.9 Å². The molecule has 0 bridgehead atoms. The number of benzene rings is 1. The number of hydrogen-bond acceptors (Lipinski definition) is 4. The van der Waals surface area contributed by atoms with E-state index in [2.05, 4.69) is 15.3 Å². The molecule has 1 saturated heterocycles. The molecule has 3 aromatic rings. The van der Waals surface area contributed by atoms with Crippen molar-refractivity contribution in [3.8, 4) is 0 Å². The lowest BCUT2D eigenvalue weighted by atomic mass is 10.1. The molecule has 1 aliphatic heterocycles. The van der Waals surface area contributed by atoms with Gasteiger partial charge < -0.3 is 4.90 Å². The standard InChI is InChI=1S/C20H21N5O2/c1-12-6-4-8-16(13(12)2)25-11-14(10-17(25)26)19(27)23-20-22-15-7-5-9-21-18(15)24(20)3/h4-9,14H,10-11H2,1-3H3,(H,22,23,27). The fraction of sp³-hybridized carbons (Fsp3) is 0.300. The maximum absolute atomic E-state index is 12.8. The molecule has 7 nitrogen and oxygen atoms in total. The molecular weight excluding hydrogens is 342 g/mol. The van der Waals surface area contributed by atoms with Crippen LogP contribution in [0.25, 0.3) is 11.2 Å². The molecular formula is C20H21N5O2. The number of nitrogens with zero attached hydrogens (tertiary/aromatic N) is 4. The van der Waals surface area contributed by atoms with Crippen LogP contribution in [0.1, 0.15) is 17.5 Å². The highest BCUT2D eigenvalue weighted by atomic mass is 16.2. The molecule has 2 aromatic heterocycles. The van der Waals surface area contributed by atoms with Gasteiger partial charge >= 0.3 is 0 Å². The van der Waals surface area contributed by atoms with Gasteiger partial charge in [0.15, 0.2) is 5.65 Å². The Balaban J connectivity index is 1.54. The van der Waals surface area contributed by atoms with Crippen LogP contribution >= 0.6 is 0 Å². The lowest BCUT2D eigenvalue weighted by molar-refractivity contribution is -0.122. The summed E-state index contributed by atoms with van der Waals surface area (Å²) >= 11 is 0. The molecule has 3 heterocycles. The van der Waals surface area contributed by atoms with E-state index in [0.717, 1.165) is 22.3 Å². The molecule has 138 valence electrons. The SMILES string of the molecule is Cc1cccc(N2CC(C(=O)Nc3nc4cccnc4n3C)CC2=O)c1C. The third-order valence-corrected chi connectivity index (χ3v) is 5.23. The molecule has 0 spiro atoms. The number of aromatic nitrogens is 3. The number of aryl methyl sites for hydroxylation is 2. The van der Waals surface area contributed by atoms with Crippen molar-refractivity contribution in [2.24, 2.45) is 13.0 Å². The molecule has 0 aliphatic carbocycles. The predicted molar refractivity (Wildman–Crippen MR) is 104 cm³/mol. The van der Waals surface area contributed by atoms with E-state index in [1.54, 1.807) is 28.8 Å². The van der Waals surface area contributed by atoms with Gasteiger partial charge in [0.25, 0.3) is 0 Å². The van der Waals surface area contributed by atoms with Gasteiger partial charge in [-0.3, -0.25) is 19.5 Å². The zero-order valence-corrected chi connectivity index (χ0v) is 15.6. The summed E-state index contributed by atoms with van der Waals surface area (Å²) in [7, 11) is 1.81. The minimum atomic E-state index is -0.412. The lowest BCUT2D eigenvalue weighted by Crippen LogP contribution is -2.29. The first kappa shape index (κ1) is 17.2. The molecule has 1 N–H and O–H groups in total. The highest BCUT2D eigenvalue weighted by molar-refractivity contribution is 6.03. The Morgan fingerprint density at radius 1 is 1.22 bits per heavy atom. The summed E-state index contributed by atoms with van der Waals surface area (Å²) in [6, 6.07) is 9.53. The Bertz CT molecular complexity index is 1060. The third kappa shape index (κ3) is 2.95. The summed E-state index contributed by atoms with van der Waals surface area (Å²) in [5.41, 5.74) is 4.48. The van der Waals surface area contributed by atoms with Gasteiger partial charge in [0.2, 0.25) is 17.8 Å². The summed E-state index contributed by atoms with van der Waals surface area (Å²) in [6.07, 6.45) is 1.88. The zero-order chi connectivity index (χ0) is 19.1. The molecule has 0 saturated carbocycles. The van der Waals surface area contributed by atoms with Crippen LogP contribution < -0.4 is 10.2 Å². The van der Waals surface area contributed by atoms with Gasteiger partial charge in [-0.25, -0.2) is 9.97 Å². The molecule has 0 radical (unpaired) electrons. The quantitative estimate of drug-likeness (QED) is 0.776. The maximum Gasteiger partial charge on any atom is 0.232 e. The van der Waals surface area contributed by atoms with E-state index in [1.165, 1.54) is 0 Å². The first-order chi connectivity index (χ1) is 13.0. The van der Waals surface area contributed by atoms with Crippen molar-refractivity contribution >= 4 is 34.6 Å². The van der Waals surface area contributed by atoms with Crippen molar-refractivity contribution in [2.45, 2.75) is 20.3 Å². The van der Waals surface area contributed by atoms with Crippen molar-refractivity contribution in [1.82, 2.24) is 14.5 Å². The van der Waals surface area contributed by atoms with Gasteiger partial charge in [-0.15, -0.1) is 0 Å². The van der Waals surface area contributed by atoms with Gasteiger partial charge in [-0.05, 0) is 43.2 Å². The summed E-state index contributed by atoms with van der Waals surface area (Å²) in [6.45, 7) is 4.39.